The first-order chi connectivity index (χ1) is 9.93. The normalized spacial score (nSPS) is 17.7. The zero-order valence-electron chi connectivity index (χ0n) is 12.0. The Balaban J connectivity index is 1.93. The summed E-state index contributed by atoms with van der Waals surface area (Å²) in [5.41, 5.74) is -0.559. The molecule has 0 radical (unpaired) electrons. The van der Waals surface area contributed by atoms with Gasteiger partial charge in [0.05, 0.1) is 11.6 Å². The minimum Gasteiger partial charge on any atom is -0.388 e. The quantitative estimate of drug-likeness (QED) is 0.782. The van der Waals surface area contributed by atoms with Gasteiger partial charge in [0.15, 0.2) is 0 Å². The summed E-state index contributed by atoms with van der Waals surface area (Å²) >= 11 is 0. The molecule has 21 heavy (non-hydrogen) atoms. The summed E-state index contributed by atoms with van der Waals surface area (Å²) in [4.78, 5) is 11.8. The molecule has 0 heterocycles. The first kappa shape index (κ1) is 15.7. The van der Waals surface area contributed by atoms with Crippen molar-refractivity contribution in [3.63, 3.8) is 0 Å². The van der Waals surface area contributed by atoms with E-state index in [4.69, 9.17) is 0 Å². The molecular formula is C15H20F2N2O2. The second-order valence-electron chi connectivity index (χ2n) is 5.53. The highest BCUT2D eigenvalue weighted by Gasteiger charge is 2.34. The van der Waals surface area contributed by atoms with Gasteiger partial charge in [0.1, 0.15) is 11.6 Å². The maximum atomic E-state index is 13.7. The average Bonchev–Trinajstić information content (AvgIpc) is 2.41. The lowest BCUT2D eigenvalue weighted by Gasteiger charge is -2.36. The number of urea groups is 1. The highest BCUT2D eigenvalue weighted by molar-refractivity contribution is 5.74. The van der Waals surface area contributed by atoms with Crippen molar-refractivity contribution in [2.24, 2.45) is 0 Å². The molecule has 1 fully saturated rings. The Labute approximate surface area is 122 Å². The molecular weight excluding hydrogens is 278 g/mol. The summed E-state index contributed by atoms with van der Waals surface area (Å²) in [6, 6.07) is 2.29. The fourth-order valence-corrected chi connectivity index (χ4v) is 2.40. The van der Waals surface area contributed by atoms with E-state index in [2.05, 4.69) is 10.6 Å². The van der Waals surface area contributed by atoms with Crippen molar-refractivity contribution in [2.45, 2.75) is 44.2 Å². The maximum Gasteiger partial charge on any atom is 0.315 e. The van der Waals surface area contributed by atoms with Gasteiger partial charge in [-0.25, -0.2) is 13.6 Å². The number of nitrogens with one attached hydrogen (secondary N) is 2. The summed E-state index contributed by atoms with van der Waals surface area (Å²) < 4.78 is 26.6. The van der Waals surface area contributed by atoms with Crippen LogP contribution >= 0.6 is 0 Å². The number of carbonyl (C=O) groups is 1. The number of hydrogen-bond acceptors (Lipinski definition) is 2. The minimum absolute atomic E-state index is 0.182. The predicted octanol–water partition coefficient (Wildman–Crippen LogP) is 2.63. The van der Waals surface area contributed by atoms with Crippen molar-refractivity contribution >= 4 is 6.03 Å². The van der Waals surface area contributed by atoms with Gasteiger partial charge in [0.25, 0.3) is 0 Å². The third-order valence-corrected chi connectivity index (χ3v) is 3.91. The fourth-order valence-electron chi connectivity index (χ4n) is 2.40. The maximum absolute atomic E-state index is 13.7. The van der Waals surface area contributed by atoms with Crippen LogP contribution in [0.15, 0.2) is 18.2 Å². The van der Waals surface area contributed by atoms with Crippen molar-refractivity contribution in [3.8, 4) is 0 Å². The van der Waals surface area contributed by atoms with Crippen LogP contribution in [0.3, 0.4) is 0 Å². The average molecular weight is 298 g/mol. The lowest BCUT2D eigenvalue weighted by atomic mass is 9.80. The molecule has 2 rings (SSSR count). The molecule has 1 aromatic rings. The second kappa shape index (κ2) is 6.39. The lowest BCUT2D eigenvalue weighted by molar-refractivity contribution is -0.0290. The molecule has 1 unspecified atom stereocenters. The SMILES string of the molecule is CCC(NC(=O)NCC1(O)CCC1)c1ccc(F)cc1F. The molecule has 4 nitrogen and oxygen atoms in total. The van der Waals surface area contributed by atoms with E-state index in [9.17, 15) is 18.7 Å². The Hall–Kier alpha value is -1.69. The number of hydrogen-bond donors (Lipinski definition) is 3. The topological polar surface area (TPSA) is 61.4 Å². The molecule has 116 valence electrons. The van der Waals surface area contributed by atoms with Crippen molar-refractivity contribution in [1.29, 1.82) is 0 Å². The molecule has 1 aromatic carbocycles. The molecule has 2 amide bonds. The number of benzene rings is 1. The van der Waals surface area contributed by atoms with E-state index in [1.165, 1.54) is 6.07 Å². The van der Waals surface area contributed by atoms with Crippen molar-refractivity contribution < 1.29 is 18.7 Å². The fraction of sp³-hybridized carbons (Fsp3) is 0.533. The molecule has 1 atom stereocenters. The van der Waals surface area contributed by atoms with Crippen LogP contribution < -0.4 is 10.6 Å². The van der Waals surface area contributed by atoms with E-state index in [-0.39, 0.29) is 12.1 Å². The van der Waals surface area contributed by atoms with Gasteiger partial charge in [-0.1, -0.05) is 13.0 Å². The standard InChI is InChI=1S/C15H20F2N2O2/c1-2-13(11-5-4-10(16)8-12(11)17)19-14(20)18-9-15(21)6-3-7-15/h4-5,8,13,21H,2-3,6-7,9H2,1H3,(H2,18,19,20). The summed E-state index contributed by atoms with van der Waals surface area (Å²) in [7, 11) is 0. The summed E-state index contributed by atoms with van der Waals surface area (Å²) in [5.74, 6) is -1.33. The Morgan fingerprint density at radius 2 is 2.14 bits per heavy atom. The zero-order valence-corrected chi connectivity index (χ0v) is 12.0. The first-order valence-corrected chi connectivity index (χ1v) is 7.15. The van der Waals surface area contributed by atoms with Gasteiger partial charge in [-0.05, 0) is 31.7 Å². The third-order valence-electron chi connectivity index (χ3n) is 3.91. The van der Waals surface area contributed by atoms with Crippen LogP contribution in [0.5, 0.6) is 0 Å². The zero-order chi connectivity index (χ0) is 15.5. The Morgan fingerprint density at radius 3 is 2.67 bits per heavy atom. The van der Waals surface area contributed by atoms with Gasteiger partial charge < -0.3 is 15.7 Å². The van der Waals surface area contributed by atoms with Crippen LogP contribution in [0.25, 0.3) is 0 Å². The van der Waals surface area contributed by atoms with E-state index in [0.29, 0.717) is 19.3 Å². The highest BCUT2D eigenvalue weighted by Crippen LogP contribution is 2.30. The third kappa shape index (κ3) is 3.91. The summed E-state index contributed by atoms with van der Waals surface area (Å²) in [6.45, 7) is 1.98. The molecule has 6 heteroatoms. The molecule has 0 aromatic heterocycles. The van der Waals surface area contributed by atoms with Gasteiger partial charge in [-0.15, -0.1) is 0 Å². The smallest absolute Gasteiger partial charge is 0.315 e. The van der Waals surface area contributed by atoms with E-state index in [0.717, 1.165) is 18.6 Å². The molecule has 0 saturated heterocycles. The van der Waals surface area contributed by atoms with E-state index in [1.54, 1.807) is 6.92 Å². The van der Waals surface area contributed by atoms with E-state index in [1.807, 2.05) is 0 Å². The molecule has 0 bridgehead atoms. The molecule has 1 aliphatic carbocycles. The Bertz CT molecular complexity index is 518. The first-order valence-electron chi connectivity index (χ1n) is 7.15. The monoisotopic (exact) mass is 298 g/mol. The van der Waals surface area contributed by atoms with Crippen molar-refractivity contribution in [3.05, 3.63) is 35.4 Å². The van der Waals surface area contributed by atoms with Gasteiger partial charge >= 0.3 is 6.03 Å². The van der Waals surface area contributed by atoms with Gasteiger partial charge in [-0.3, -0.25) is 0 Å². The lowest BCUT2D eigenvalue weighted by Crippen LogP contribution is -2.50. The van der Waals surface area contributed by atoms with Gasteiger partial charge in [-0.2, -0.15) is 0 Å². The summed E-state index contributed by atoms with van der Waals surface area (Å²) in [6.07, 6.45) is 2.78. The number of amides is 2. The molecule has 3 N–H and O–H groups in total. The van der Waals surface area contributed by atoms with Gasteiger partial charge in [0, 0.05) is 18.2 Å². The number of halogens is 2. The Morgan fingerprint density at radius 1 is 1.43 bits per heavy atom. The Kier molecular flexibility index (Phi) is 4.77. The predicted molar refractivity (Wildman–Crippen MR) is 74.7 cm³/mol. The van der Waals surface area contributed by atoms with Crippen molar-refractivity contribution in [1.82, 2.24) is 10.6 Å². The van der Waals surface area contributed by atoms with E-state index >= 15 is 0 Å². The molecule has 1 aliphatic rings. The van der Waals surface area contributed by atoms with E-state index < -0.39 is 29.3 Å². The largest absolute Gasteiger partial charge is 0.388 e. The van der Waals surface area contributed by atoms with Crippen LogP contribution in [0.2, 0.25) is 0 Å². The second-order valence-corrected chi connectivity index (χ2v) is 5.53. The van der Waals surface area contributed by atoms with Crippen LogP contribution in [0.4, 0.5) is 13.6 Å². The molecule has 0 aliphatic heterocycles. The van der Waals surface area contributed by atoms with Gasteiger partial charge in [0.2, 0.25) is 0 Å². The number of rotatable bonds is 5. The van der Waals surface area contributed by atoms with Crippen LogP contribution in [0, 0.1) is 11.6 Å². The molecule has 0 spiro atoms. The van der Waals surface area contributed by atoms with Crippen LogP contribution in [-0.4, -0.2) is 23.3 Å². The number of aliphatic hydroxyl groups is 1. The number of carbonyl (C=O) groups excluding carboxylic acids is 1. The van der Waals surface area contributed by atoms with Crippen LogP contribution in [-0.2, 0) is 0 Å². The summed E-state index contributed by atoms with van der Waals surface area (Å²) in [5, 5.41) is 15.1. The van der Waals surface area contributed by atoms with Crippen molar-refractivity contribution in [2.75, 3.05) is 6.54 Å². The highest BCUT2D eigenvalue weighted by atomic mass is 19.1. The molecule has 1 saturated carbocycles. The minimum atomic E-state index is -0.805. The van der Waals surface area contributed by atoms with Crippen LogP contribution in [0.1, 0.15) is 44.2 Å².